The first-order valence-electron chi connectivity index (χ1n) is 6.02. The molecule has 0 spiro atoms. The van der Waals surface area contributed by atoms with E-state index in [1.807, 2.05) is 31.2 Å². The van der Waals surface area contributed by atoms with Crippen molar-refractivity contribution in [2.75, 3.05) is 19.0 Å². The fourth-order valence-electron chi connectivity index (χ4n) is 1.92. The van der Waals surface area contributed by atoms with Crippen molar-refractivity contribution in [3.63, 3.8) is 0 Å². The highest BCUT2D eigenvalue weighted by atomic mass is 16.5. The maximum absolute atomic E-state index is 5.20. The van der Waals surface area contributed by atoms with Gasteiger partial charge >= 0.3 is 0 Å². The van der Waals surface area contributed by atoms with Gasteiger partial charge in [0.05, 0.1) is 28.9 Å². The van der Waals surface area contributed by atoms with Gasteiger partial charge in [-0.1, -0.05) is 12.1 Å². The van der Waals surface area contributed by atoms with Gasteiger partial charge in [-0.15, -0.1) is 0 Å². The molecule has 0 atom stereocenters. The molecule has 0 aliphatic carbocycles. The zero-order valence-electron chi connectivity index (χ0n) is 11.3. The van der Waals surface area contributed by atoms with Crippen LogP contribution in [0.1, 0.15) is 19.5 Å². The molecule has 0 aliphatic heterocycles. The van der Waals surface area contributed by atoms with Crippen molar-refractivity contribution in [1.82, 2.24) is 9.97 Å². The average Bonchev–Trinajstić information content (AvgIpc) is 2.29. The number of aromatic nitrogens is 2. The maximum Gasteiger partial charge on any atom is 0.148 e. The molecule has 0 amide bonds. The lowest BCUT2D eigenvalue weighted by molar-refractivity contribution is 0.158. The molecule has 0 unspecified atom stereocenters. The number of para-hydroxylation sites is 2. The van der Waals surface area contributed by atoms with E-state index in [9.17, 15) is 0 Å². The molecule has 2 rings (SSSR count). The largest absolute Gasteiger partial charge is 0.382 e. The molecule has 18 heavy (non-hydrogen) atoms. The van der Waals surface area contributed by atoms with Crippen molar-refractivity contribution in [2.45, 2.75) is 26.3 Å². The summed E-state index contributed by atoms with van der Waals surface area (Å²) in [6.07, 6.45) is 0. The Kier molecular flexibility index (Phi) is 3.48. The minimum Gasteiger partial charge on any atom is -0.382 e. The van der Waals surface area contributed by atoms with Crippen LogP contribution >= 0.6 is 0 Å². The second-order valence-electron chi connectivity index (χ2n) is 5.09. The topological polar surface area (TPSA) is 47.0 Å². The molecule has 0 bridgehead atoms. The Labute approximate surface area is 107 Å². The number of aryl methyl sites for hydroxylation is 1. The predicted molar refractivity (Wildman–Crippen MR) is 73.9 cm³/mol. The van der Waals surface area contributed by atoms with Crippen molar-refractivity contribution < 1.29 is 4.74 Å². The van der Waals surface area contributed by atoms with E-state index in [0.29, 0.717) is 6.61 Å². The van der Waals surface area contributed by atoms with Gasteiger partial charge in [-0.25, -0.2) is 9.97 Å². The highest BCUT2D eigenvalue weighted by molar-refractivity contribution is 5.76. The van der Waals surface area contributed by atoms with E-state index >= 15 is 0 Å². The Balaban J connectivity index is 2.36. The van der Waals surface area contributed by atoms with Crippen LogP contribution in [-0.4, -0.2) is 29.2 Å². The Bertz CT molecular complexity index is 552. The number of anilines is 1. The standard InChI is InChI=1S/C14H19N3O/c1-10-13(17-14(2,3)9-18-4)16-12-8-6-5-7-11(12)15-10/h5-8H,9H2,1-4H3,(H,16,17). The van der Waals surface area contributed by atoms with Gasteiger partial charge in [0.1, 0.15) is 5.82 Å². The van der Waals surface area contributed by atoms with Gasteiger partial charge < -0.3 is 10.1 Å². The van der Waals surface area contributed by atoms with Gasteiger partial charge in [-0.05, 0) is 32.9 Å². The fourth-order valence-corrected chi connectivity index (χ4v) is 1.92. The number of methoxy groups -OCH3 is 1. The molecule has 4 nitrogen and oxygen atoms in total. The Morgan fingerprint density at radius 3 is 2.39 bits per heavy atom. The number of hydrogen-bond acceptors (Lipinski definition) is 4. The highest BCUT2D eigenvalue weighted by Gasteiger charge is 2.19. The second-order valence-corrected chi connectivity index (χ2v) is 5.09. The van der Waals surface area contributed by atoms with Crippen LogP contribution in [0.4, 0.5) is 5.82 Å². The summed E-state index contributed by atoms with van der Waals surface area (Å²) >= 11 is 0. The van der Waals surface area contributed by atoms with E-state index in [1.54, 1.807) is 7.11 Å². The van der Waals surface area contributed by atoms with Crippen molar-refractivity contribution >= 4 is 16.9 Å². The number of hydrogen-bond donors (Lipinski definition) is 1. The first kappa shape index (κ1) is 12.8. The van der Waals surface area contributed by atoms with Crippen LogP contribution in [0.2, 0.25) is 0 Å². The van der Waals surface area contributed by atoms with Crippen LogP contribution in [0.3, 0.4) is 0 Å². The molecule has 0 fully saturated rings. The highest BCUT2D eigenvalue weighted by Crippen LogP contribution is 2.19. The number of benzene rings is 1. The number of ether oxygens (including phenoxy) is 1. The lowest BCUT2D eigenvalue weighted by atomic mass is 10.1. The van der Waals surface area contributed by atoms with E-state index in [4.69, 9.17) is 4.74 Å². The summed E-state index contributed by atoms with van der Waals surface area (Å²) in [6, 6.07) is 7.88. The smallest absolute Gasteiger partial charge is 0.148 e. The van der Waals surface area contributed by atoms with Crippen LogP contribution in [0.25, 0.3) is 11.0 Å². The van der Waals surface area contributed by atoms with E-state index in [-0.39, 0.29) is 5.54 Å². The zero-order valence-corrected chi connectivity index (χ0v) is 11.3. The minimum atomic E-state index is -0.170. The molecular formula is C14H19N3O. The third kappa shape index (κ3) is 2.76. The van der Waals surface area contributed by atoms with E-state index < -0.39 is 0 Å². The second kappa shape index (κ2) is 4.90. The number of rotatable bonds is 4. The van der Waals surface area contributed by atoms with Gasteiger partial charge in [0.25, 0.3) is 0 Å². The summed E-state index contributed by atoms with van der Waals surface area (Å²) in [5.74, 6) is 0.816. The Morgan fingerprint density at radius 2 is 1.78 bits per heavy atom. The van der Waals surface area contributed by atoms with Gasteiger partial charge in [-0.2, -0.15) is 0 Å². The van der Waals surface area contributed by atoms with Gasteiger partial charge in [0, 0.05) is 7.11 Å². The van der Waals surface area contributed by atoms with E-state index in [0.717, 1.165) is 22.5 Å². The minimum absolute atomic E-state index is 0.170. The van der Waals surface area contributed by atoms with Crippen molar-refractivity contribution in [3.05, 3.63) is 30.0 Å². The normalized spacial score (nSPS) is 11.8. The number of nitrogens with zero attached hydrogens (tertiary/aromatic N) is 2. The van der Waals surface area contributed by atoms with Gasteiger partial charge in [0.15, 0.2) is 0 Å². The SMILES string of the molecule is COCC(C)(C)Nc1nc2ccccc2nc1C. The molecule has 0 saturated heterocycles. The summed E-state index contributed by atoms with van der Waals surface area (Å²) in [4.78, 5) is 9.17. The molecule has 0 saturated carbocycles. The fraction of sp³-hybridized carbons (Fsp3) is 0.429. The molecule has 2 aromatic rings. The third-order valence-electron chi connectivity index (χ3n) is 2.71. The summed E-state index contributed by atoms with van der Waals surface area (Å²) in [6.45, 7) is 6.73. The molecule has 1 heterocycles. The van der Waals surface area contributed by atoms with Crippen LogP contribution in [0.15, 0.2) is 24.3 Å². The van der Waals surface area contributed by atoms with E-state index in [2.05, 4.69) is 29.1 Å². The summed E-state index contributed by atoms with van der Waals surface area (Å²) in [5, 5.41) is 3.38. The first-order valence-corrected chi connectivity index (χ1v) is 6.02. The van der Waals surface area contributed by atoms with Gasteiger partial charge in [-0.3, -0.25) is 0 Å². The summed E-state index contributed by atoms with van der Waals surface area (Å²) in [5.41, 5.74) is 2.55. The van der Waals surface area contributed by atoms with Crippen molar-refractivity contribution in [1.29, 1.82) is 0 Å². The Morgan fingerprint density at radius 1 is 1.17 bits per heavy atom. The van der Waals surface area contributed by atoms with Crippen LogP contribution in [0.5, 0.6) is 0 Å². The summed E-state index contributed by atoms with van der Waals surface area (Å²) in [7, 11) is 1.70. The van der Waals surface area contributed by atoms with Crippen LogP contribution < -0.4 is 5.32 Å². The molecule has 0 radical (unpaired) electrons. The predicted octanol–water partition coefficient (Wildman–Crippen LogP) is 2.78. The molecule has 1 N–H and O–H groups in total. The number of fused-ring (bicyclic) bond motifs is 1. The van der Waals surface area contributed by atoms with Gasteiger partial charge in [0.2, 0.25) is 0 Å². The molecule has 96 valence electrons. The lowest BCUT2D eigenvalue weighted by Gasteiger charge is -2.26. The zero-order chi connectivity index (χ0) is 13.2. The lowest BCUT2D eigenvalue weighted by Crippen LogP contribution is -2.36. The first-order chi connectivity index (χ1) is 8.52. The quantitative estimate of drug-likeness (QED) is 0.899. The third-order valence-corrected chi connectivity index (χ3v) is 2.71. The monoisotopic (exact) mass is 245 g/mol. The molecule has 1 aromatic heterocycles. The van der Waals surface area contributed by atoms with Crippen molar-refractivity contribution in [3.8, 4) is 0 Å². The molecular weight excluding hydrogens is 226 g/mol. The molecule has 0 aliphatic rings. The number of nitrogens with one attached hydrogen (secondary N) is 1. The average molecular weight is 245 g/mol. The van der Waals surface area contributed by atoms with Crippen LogP contribution in [-0.2, 0) is 4.74 Å². The molecule has 1 aromatic carbocycles. The van der Waals surface area contributed by atoms with Crippen LogP contribution in [0, 0.1) is 6.92 Å². The molecule has 4 heteroatoms. The Hall–Kier alpha value is -1.68. The summed E-state index contributed by atoms with van der Waals surface area (Å²) < 4.78 is 5.20. The maximum atomic E-state index is 5.20. The van der Waals surface area contributed by atoms with E-state index in [1.165, 1.54) is 0 Å². The van der Waals surface area contributed by atoms with Crippen molar-refractivity contribution in [2.24, 2.45) is 0 Å².